The summed E-state index contributed by atoms with van der Waals surface area (Å²) >= 11 is 0. The Morgan fingerprint density at radius 1 is 0.964 bits per heavy atom. The lowest BCUT2D eigenvalue weighted by Crippen LogP contribution is -2.47. The molecule has 0 N–H and O–H groups in total. The zero-order valence-corrected chi connectivity index (χ0v) is 16.7. The molecule has 0 aromatic heterocycles. The Morgan fingerprint density at radius 3 is 2.25 bits per heavy atom. The average molecular weight is 404 g/mol. The number of hydrogen-bond acceptors (Lipinski definition) is 6. The van der Waals surface area contributed by atoms with Crippen LogP contribution in [0.15, 0.2) is 34.9 Å². The second-order valence-corrected chi connectivity index (χ2v) is 9.27. The first kappa shape index (κ1) is 19.3. The van der Waals surface area contributed by atoms with E-state index in [1.165, 1.54) is 10.4 Å². The Bertz CT molecular complexity index is 947. The molecule has 0 spiro atoms. The van der Waals surface area contributed by atoms with E-state index in [1.54, 1.807) is 23.1 Å². The number of ketones is 2. The smallest absolute Gasteiger partial charge is 0.249 e. The van der Waals surface area contributed by atoms with Crippen molar-refractivity contribution in [3.05, 3.63) is 46.0 Å². The number of nitrogens with zero attached hydrogens (tertiary/aromatic N) is 2. The number of carbonyl (C=O) groups excluding carboxylic acids is 2. The monoisotopic (exact) mass is 404 g/mol. The molecule has 0 amide bonds. The molecule has 2 aliphatic heterocycles. The van der Waals surface area contributed by atoms with Gasteiger partial charge in [-0.25, -0.2) is 8.42 Å². The summed E-state index contributed by atoms with van der Waals surface area (Å²) < 4.78 is 34.0. The predicted molar refractivity (Wildman–Crippen MR) is 103 cm³/mol. The topological polar surface area (TPSA) is 84.0 Å². The largest absolute Gasteiger partial charge is 0.378 e. The van der Waals surface area contributed by atoms with Gasteiger partial charge in [0.2, 0.25) is 21.6 Å². The fraction of sp³-hybridized carbons (Fsp3) is 0.500. The third-order valence-corrected chi connectivity index (χ3v) is 7.74. The van der Waals surface area contributed by atoms with E-state index < -0.39 is 21.6 Å². The van der Waals surface area contributed by atoms with E-state index in [1.807, 2.05) is 6.92 Å². The van der Waals surface area contributed by atoms with Crippen LogP contribution in [-0.4, -0.2) is 68.1 Å². The van der Waals surface area contributed by atoms with Gasteiger partial charge in [0, 0.05) is 36.8 Å². The van der Waals surface area contributed by atoms with Crippen LogP contribution in [0.25, 0.3) is 0 Å². The highest BCUT2D eigenvalue weighted by Crippen LogP contribution is 2.35. The van der Waals surface area contributed by atoms with Crippen LogP contribution in [0.3, 0.4) is 0 Å². The zero-order chi connectivity index (χ0) is 19.9. The van der Waals surface area contributed by atoms with Crippen molar-refractivity contribution in [3.63, 3.8) is 0 Å². The Morgan fingerprint density at radius 2 is 1.61 bits per heavy atom. The summed E-state index contributed by atoms with van der Waals surface area (Å²) in [5.41, 5.74) is 0.428. The molecular formula is C20H24N2O5S. The van der Waals surface area contributed by atoms with Crippen LogP contribution in [0.1, 0.15) is 46.9 Å². The van der Waals surface area contributed by atoms with Crippen LogP contribution in [0, 0.1) is 0 Å². The summed E-state index contributed by atoms with van der Waals surface area (Å²) in [5, 5.41) is 0. The molecule has 0 bridgehead atoms. The van der Waals surface area contributed by atoms with Crippen LogP contribution in [0.5, 0.6) is 0 Å². The number of rotatable bonds is 3. The number of hydrogen-bond donors (Lipinski definition) is 0. The number of sulfonamides is 1. The summed E-state index contributed by atoms with van der Waals surface area (Å²) in [6.45, 7) is 3.76. The van der Waals surface area contributed by atoms with Crippen LogP contribution < -0.4 is 0 Å². The molecule has 28 heavy (non-hydrogen) atoms. The van der Waals surface area contributed by atoms with Gasteiger partial charge in [-0.3, -0.25) is 9.59 Å². The lowest BCUT2D eigenvalue weighted by Gasteiger charge is -2.37. The fourth-order valence-electron chi connectivity index (χ4n) is 4.20. The van der Waals surface area contributed by atoms with Gasteiger partial charge in [-0.15, -0.1) is 0 Å². The van der Waals surface area contributed by atoms with Crippen molar-refractivity contribution in [2.45, 2.75) is 32.2 Å². The standard InChI is InChI=1S/C20H24N2O5S/c1-14-6-4-5-9-22(14)28(25,26)20-17(21-10-12-27-13-11-21)18(23)15-7-2-3-8-16(15)19(20)24/h2-3,7-8,14H,4-6,9-13H2,1H3. The van der Waals surface area contributed by atoms with E-state index in [2.05, 4.69) is 0 Å². The van der Waals surface area contributed by atoms with E-state index in [0.717, 1.165) is 19.3 Å². The second-order valence-electron chi connectivity index (χ2n) is 7.44. The first-order valence-corrected chi connectivity index (χ1v) is 11.1. The predicted octanol–water partition coefficient (Wildman–Crippen LogP) is 1.81. The van der Waals surface area contributed by atoms with Gasteiger partial charge in [-0.2, -0.15) is 4.31 Å². The zero-order valence-electron chi connectivity index (χ0n) is 15.9. The maximum absolute atomic E-state index is 13.6. The lowest BCUT2D eigenvalue weighted by molar-refractivity contribution is 0.0498. The molecule has 4 rings (SSSR count). The normalized spacial score (nSPS) is 24.5. The molecular weight excluding hydrogens is 380 g/mol. The molecule has 0 saturated carbocycles. The van der Waals surface area contributed by atoms with Crippen LogP contribution in [0.2, 0.25) is 0 Å². The van der Waals surface area contributed by atoms with E-state index >= 15 is 0 Å². The third-order valence-electron chi connectivity index (χ3n) is 5.69. The van der Waals surface area contributed by atoms with Crippen LogP contribution in [-0.2, 0) is 14.8 Å². The molecule has 0 radical (unpaired) electrons. The molecule has 1 aromatic carbocycles. The number of ether oxygens (including phenoxy) is 1. The number of Topliss-reactive ketones (excluding diaryl/α,β-unsaturated/α-hetero) is 2. The summed E-state index contributed by atoms with van der Waals surface area (Å²) in [6, 6.07) is 6.26. The molecule has 150 valence electrons. The van der Waals surface area contributed by atoms with Gasteiger partial charge in [0.1, 0.15) is 5.70 Å². The molecule has 3 aliphatic rings. The van der Waals surface area contributed by atoms with Crippen molar-refractivity contribution in [3.8, 4) is 0 Å². The van der Waals surface area contributed by atoms with Crippen molar-refractivity contribution in [1.82, 2.24) is 9.21 Å². The van der Waals surface area contributed by atoms with Gasteiger partial charge in [0.15, 0.2) is 4.91 Å². The molecule has 8 heteroatoms. The molecule has 1 aromatic rings. The molecule has 7 nitrogen and oxygen atoms in total. The first-order chi connectivity index (χ1) is 13.4. The van der Waals surface area contributed by atoms with Gasteiger partial charge >= 0.3 is 0 Å². The number of morpholine rings is 1. The highest BCUT2D eigenvalue weighted by Gasteiger charge is 2.45. The summed E-state index contributed by atoms with van der Waals surface area (Å²) in [7, 11) is -4.10. The maximum atomic E-state index is 13.6. The molecule has 2 fully saturated rings. The molecule has 1 aliphatic carbocycles. The SMILES string of the molecule is CC1CCCCN1S(=O)(=O)C1=C(N2CCOCC2)C(=O)c2ccccc2C1=O. The molecule has 1 unspecified atom stereocenters. The highest BCUT2D eigenvalue weighted by atomic mass is 32.2. The van der Waals surface area contributed by atoms with Crippen LogP contribution in [0.4, 0.5) is 0 Å². The van der Waals surface area contributed by atoms with Crippen molar-refractivity contribution < 1.29 is 22.7 Å². The van der Waals surface area contributed by atoms with Crippen molar-refractivity contribution in [1.29, 1.82) is 0 Å². The molecule has 2 saturated heterocycles. The molecule has 1 atom stereocenters. The Kier molecular flexibility index (Phi) is 5.11. The number of carbonyl (C=O) groups is 2. The van der Waals surface area contributed by atoms with Gasteiger partial charge < -0.3 is 9.64 Å². The van der Waals surface area contributed by atoms with Crippen LogP contribution >= 0.6 is 0 Å². The van der Waals surface area contributed by atoms with Gasteiger partial charge in [-0.1, -0.05) is 30.7 Å². The van der Waals surface area contributed by atoms with Crippen molar-refractivity contribution in [2.75, 3.05) is 32.8 Å². The minimum absolute atomic E-state index is 0.00442. The average Bonchev–Trinajstić information content (AvgIpc) is 2.71. The Labute approximate surface area is 165 Å². The number of benzene rings is 1. The summed E-state index contributed by atoms with van der Waals surface area (Å²) in [5.74, 6) is -0.991. The fourth-order valence-corrected chi connectivity index (χ4v) is 6.19. The first-order valence-electron chi connectivity index (χ1n) is 9.70. The van der Waals surface area contributed by atoms with Crippen molar-refractivity contribution >= 4 is 21.6 Å². The summed E-state index contributed by atoms with van der Waals surface area (Å²) in [6.07, 6.45) is 2.46. The van der Waals surface area contributed by atoms with Crippen molar-refractivity contribution in [2.24, 2.45) is 0 Å². The maximum Gasteiger partial charge on any atom is 0.249 e. The van der Waals surface area contributed by atoms with E-state index in [0.29, 0.717) is 32.8 Å². The highest BCUT2D eigenvalue weighted by molar-refractivity contribution is 7.94. The Hall–Kier alpha value is -2.03. The van der Waals surface area contributed by atoms with E-state index in [9.17, 15) is 18.0 Å². The number of allylic oxidation sites excluding steroid dienone is 2. The minimum Gasteiger partial charge on any atom is -0.378 e. The quantitative estimate of drug-likeness (QED) is 0.764. The van der Waals surface area contributed by atoms with E-state index in [4.69, 9.17) is 4.74 Å². The second kappa shape index (κ2) is 7.42. The van der Waals surface area contributed by atoms with Gasteiger partial charge in [-0.05, 0) is 19.8 Å². The Balaban J connectivity index is 1.90. The van der Waals surface area contributed by atoms with Gasteiger partial charge in [0.25, 0.3) is 0 Å². The minimum atomic E-state index is -4.10. The number of fused-ring (bicyclic) bond motifs is 1. The third kappa shape index (κ3) is 3.09. The van der Waals surface area contributed by atoms with E-state index in [-0.39, 0.29) is 27.8 Å². The summed E-state index contributed by atoms with van der Waals surface area (Å²) in [4.78, 5) is 28.0. The molecule has 2 heterocycles. The van der Waals surface area contributed by atoms with Gasteiger partial charge in [0.05, 0.1) is 13.2 Å². The lowest BCUT2D eigenvalue weighted by atomic mass is 9.91. The number of piperidine rings is 1.